The van der Waals surface area contributed by atoms with Crippen LogP contribution in [-0.2, 0) is 21.2 Å². The maximum absolute atomic E-state index is 12.6. The summed E-state index contributed by atoms with van der Waals surface area (Å²) < 4.78 is 24.2. The Labute approximate surface area is 189 Å². The Bertz CT molecular complexity index is 1260. The van der Waals surface area contributed by atoms with E-state index >= 15 is 0 Å². The number of anilines is 2. The van der Waals surface area contributed by atoms with Crippen molar-refractivity contribution in [1.82, 2.24) is 0 Å². The van der Waals surface area contributed by atoms with Gasteiger partial charge in [-0.05, 0) is 48.0 Å². The Balaban J connectivity index is 1.84. The number of sulfonamides is 1. The highest BCUT2D eigenvalue weighted by Crippen LogP contribution is 2.23. The molecule has 0 spiro atoms. The fourth-order valence-electron chi connectivity index (χ4n) is 2.81. The molecule has 0 unspecified atom stereocenters. The van der Waals surface area contributed by atoms with E-state index in [9.17, 15) is 18.0 Å². The molecule has 3 rings (SSSR count). The fraction of sp³-hybridized carbons (Fsp3) is 0.0476. The molecule has 31 heavy (non-hydrogen) atoms. The number of carbonyl (C=O) groups excluding carboxylic acids is 2. The van der Waals surface area contributed by atoms with Crippen molar-refractivity contribution in [1.29, 1.82) is 0 Å². The van der Waals surface area contributed by atoms with Crippen LogP contribution < -0.4 is 15.8 Å². The molecule has 0 aliphatic heterocycles. The summed E-state index contributed by atoms with van der Waals surface area (Å²) in [6.45, 7) is 0. The van der Waals surface area contributed by atoms with Crippen LogP contribution in [0.2, 0.25) is 10.0 Å². The van der Waals surface area contributed by atoms with Gasteiger partial charge in [0.1, 0.15) is 0 Å². The lowest BCUT2D eigenvalue weighted by Gasteiger charge is -2.12. The monoisotopic (exact) mass is 477 g/mol. The van der Waals surface area contributed by atoms with Crippen LogP contribution in [0, 0.1) is 0 Å². The molecule has 0 aliphatic carbocycles. The van der Waals surface area contributed by atoms with E-state index in [0.29, 0.717) is 21.3 Å². The summed E-state index contributed by atoms with van der Waals surface area (Å²) in [5.74, 6) is -1.11. The molecule has 3 aromatic carbocycles. The molecule has 0 aliphatic rings. The Kier molecular flexibility index (Phi) is 6.97. The molecule has 0 saturated carbocycles. The minimum atomic E-state index is -4.26. The molecule has 0 aromatic heterocycles. The number of primary sulfonamides is 1. The first-order chi connectivity index (χ1) is 14.6. The fourth-order valence-corrected chi connectivity index (χ4v) is 3.96. The molecule has 0 heterocycles. The van der Waals surface area contributed by atoms with Crippen LogP contribution in [-0.4, -0.2) is 20.2 Å². The van der Waals surface area contributed by atoms with E-state index in [1.54, 1.807) is 42.5 Å². The number of benzene rings is 3. The third-order valence-corrected chi connectivity index (χ3v) is 5.76. The van der Waals surface area contributed by atoms with Crippen molar-refractivity contribution in [2.75, 3.05) is 10.6 Å². The van der Waals surface area contributed by atoms with Crippen molar-refractivity contribution in [2.45, 2.75) is 11.3 Å². The smallest absolute Gasteiger partial charge is 0.257 e. The highest BCUT2D eigenvalue weighted by molar-refractivity contribution is 7.89. The number of amides is 2. The summed E-state index contributed by atoms with van der Waals surface area (Å²) in [6.07, 6.45) is -0.0125. The van der Waals surface area contributed by atoms with Crippen LogP contribution in [0.15, 0.2) is 71.6 Å². The van der Waals surface area contributed by atoms with Crippen molar-refractivity contribution in [3.05, 3.63) is 87.9 Å². The van der Waals surface area contributed by atoms with Gasteiger partial charge in [-0.15, -0.1) is 0 Å². The standard InChI is InChI=1S/C21H17Cl2N3O4S/c22-14-5-3-6-15(11-14)26-21(28)17-9-8-16(12-19(17)31(24,29)30)25-20(27)10-13-4-1-2-7-18(13)23/h1-9,11-12H,10H2,(H,25,27)(H,26,28)(H2,24,29,30). The van der Waals surface area contributed by atoms with E-state index in [-0.39, 0.29) is 17.7 Å². The van der Waals surface area contributed by atoms with Gasteiger partial charge in [0.25, 0.3) is 5.91 Å². The second kappa shape index (κ2) is 9.49. The summed E-state index contributed by atoms with van der Waals surface area (Å²) >= 11 is 12.0. The number of carbonyl (C=O) groups is 2. The SMILES string of the molecule is NS(=O)(=O)c1cc(NC(=O)Cc2ccccc2Cl)ccc1C(=O)Nc1cccc(Cl)c1. The van der Waals surface area contributed by atoms with Crippen LogP contribution >= 0.6 is 23.2 Å². The average molecular weight is 478 g/mol. The number of halogens is 2. The highest BCUT2D eigenvalue weighted by Gasteiger charge is 2.21. The summed E-state index contributed by atoms with van der Waals surface area (Å²) in [7, 11) is -4.26. The zero-order valence-corrected chi connectivity index (χ0v) is 18.3. The second-order valence-electron chi connectivity index (χ2n) is 6.54. The van der Waals surface area contributed by atoms with Crippen molar-refractivity contribution in [3.63, 3.8) is 0 Å². The Morgan fingerprint density at radius 1 is 0.871 bits per heavy atom. The summed E-state index contributed by atoms with van der Waals surface area (Å²) in [4.78, 5) is 24.5. The van der Waals surface area contributed by atoms with Crippen molar-refractivity contribution in [2.24, 2.45) is 5.14 Å². The Hall–Kier alpha value is -2.91. The first kappa shape index (κ1) is 22.8. The van der Waals surface area contributed by atoms with E-state index < -0.39 is 26.7 Å². The third kappa shape index (κ3) is 6.05. The molecule has 0 radical (unpaired) electrons. The van der Waals surface area contributed by atoms with Crippen LogP contribution in [0.3, 0.4) is 0 Å². The summed E-state index contributed by atoms with van der Waals surface area (Å²) in [6, 6.07) is 17.1. The van der Waals surface area contributed by atoms with Gasteiger partial charge in [0.15, 0.2) is 0 Å². The van der Waals surface area contributed by atoms with Gasteiger partial charge in [0.05, 0.1) is 16.9 Å². The van der Waals surface area contributed by atoms with Crippen LogP contribution in [0.4, 0.5) is 11.4 Å². The molecule has 0 saturated heterocycles. The van der Waals surface area contributed by atoms with E-state index in [2.05, 4.69) is 10.6 Å². The molecule has 3 aromatic rings. The van der Waals surface area contributed by atoms with Crippen molar-refractivity contribution >= 4 is 56.4 Å². The van der Waals surface area contributed by atoms with Crippen LogP contribution in [0.5, 0.6) is 0 Å². The minimum Gasteiger partial charge on any atom is -0.326 e. The molecule has 2 amide bonds. The lowest BCUT2D eigenvalue weighted by molar-refractivity contribution is -0.115. The molecule has 7 nitrogen and oxygen atoms in total. The maximum Gasteiger partial charge on any atom is 0.257 e. The third-order valence-electron chi connectivity index (χ3n) is 4.21. The first-order valence-corrected chi connectivity index (χ1v) is 11.2. The summed E-state index contributed by atoms with van der Waals surface area (Å²) in [5, 5.41) is 11.3. The number of rotatable bonds is 6. The molecule has 4 N–H and O–H groups in total. The van der Waals surface area contributed by atoms with E-state index in [1.165, 1.54) is 18.2 Å². The number of hydrogen-bond acceptors (Lipinski definition) is 4. The zero-order valence-electron chi connectivity index (χ0n) is 15.9. The Morgan fingerprint density at radius 2 is 1.58 bits per heavy atom. The van der Waals surface area contributed by atoms with Crippen molar-refractivity contribution in [3.8, 4) is 0 Å². The number of hydrogen-bond donors (Lipinski definition) is 3. The zero-order chi connectivity index (χ0) is 22.6. The van der Waals surface area contributed by atoms with Crippen LogP contribution in [0.1, 0.15) is 15.9 Å². The predicted octanol–water partition coefficient (Wildman–Crippen LogP) is 4.07. The van der Waals surface area contributed by atoms with Gasteiger partial charge in [-0.25, -0.2) is 13.6 Å². The van der Waals surface area contributed by atoms with Gasteiger partial charge in [0, 0.05) is 21.4 Å². The quantitative estimate of drug-likeness (QED) is 0.495. The number of nitrogens with one attached hydrogen (secondary N) is 2. The number of nitrogens with two attached hydrogens (primary N) is 1. The summed E-state index contributed by atoms with van der Waals surface area (Å²) in [5.41, 5.74) is 0.993. The first-order valence-electron chi connectivity index (χ1n) is 8.90. The van der Waals surface area contributed by atoms with Gasteiger partial charge >= 0.3 is 0 Å². The minimum absolute atomic E-state index is 0.0125. The van der Waals surface area contributed by atoms with Crippen molar-refractivity contribution < 1.29 is 18.0 Å². The molecule has 160 valence electrons. The molecule has 10 heteroatoms. The molecular formula is C21H17Cl2N3O4S. The van der Waals surface area contributed by atoms with E-state index in [4.69, 9.17) is 28.3 Å². The lowest BCUT2D eigenvalue weighted by Crippen LogP contribution is -2.21. The van der Waals surface area contributed by atoms with Gasteiger partial charge in [-0.2, -0.15) is 0 Å². The largest absolute Gasteiger partial charge is 0.326 e. The van der Waals surface area contributed by atoms with E-state index in [0.717, 1.165) is 6.07 Å². The van der Waals surface area contributed by atoms with Gasteiger partial charge in [0.2, 0.25) is 15.9 Å². The average Bonchev–Trinajstić information content (AvgIpc) is 2.69. The van der Waals surface area contributed by atoms with Crippen LogP contribution in [0.25, 0.3) is 0 Å². The van der Waals surface area contributed by atoms with Gasteiger partial charge in [-0.1, -0.05) is 47.5 Å². The Morgan fingerprint density at radius 3 is 2.26 bits per heavy atom. The topological polar surface area (TPSA) is 118 Å². The van der Waals surface area contributed by atoms with E-state index in [1.807, 2.05) is 0 Å². The highest BCUT2D eigenvalue weighted by atomic mass is 35.5. The molecule has 0 bridgehead atoms. The molecule has 0 atom stereocenters. The normalized spacial score (nSPS) is 11.1. The molecule has 0 fully saturated rings. The van der Waals surface area contributed by atoms with Gasteiger partial charge in [-0.3, -0.25) is 9.59 Å². The predicted molar refractivity (Wildman–Crippen MR) is 121 cm³/mol. The van der Waals surface area contributed by atoms with Gasteiger partial charge < -0.3 is 10.6 Å². The molecular weight excluding hydrogens is 461 g/mol. The maximum atomic E-state index is 12.6. The lowest BCUT2D eigenvalue weighted by atomic mass is 10.1. The second-order valence-corrected chi connectivity index (χ2v) is 8.91.